The smallest absolute Gasteiger partial charge is 0.161 e. The Bertz CT molecular complexity index is 615. The van der Waals surface area contributed by atoms with Crippen molar-refractivity contribution in [3.8, 4) is 11.5 Å². The van der Waals surface area contributed by atoms with Gasteiger partial charge in [0.2, 0.25) is 0 Å². The minimum atomic E-state index is 0.107. The summed E-state index contributed by atoms with van der Waals surface area (Å²) in [6, 6.07) is 9.98. The molecule has 1 aromatic heterocycles. The fraction of sp³-hybridized carbons (Fsp3) is 0.353. The van der Waals surface area contributed by atoms with Crippen molar-refractivity contribution < 1.29 is 9.47 Å². The summed E-state index contributed by atoms with van der Waals surface area (Å²) < 4.78 is 12.1. The Morgan fingerprint density at radius 3 is 2.45 bits per heavy atom. The number of methoxy groups -OCH3 is 1. The summed E-state index contributed by atoms with van der Waals surface area (Å²) in [7, 11) is 1.65. The molecule has 2 aromatic rings. The molecule has 1 unspecified atom stereocenters. The molecule has 0 fully saturated rings. The fourth-order valence-corrected chi connectivity index (χ4v) is 2.31. The number of aromatic nitrogens is 1. The van der Waals surface area contributed by atoms with Gasteiger partial charge in [-0.2, -0.15) is 0 Å². The highest BCUT2D eigenvalue weighted by molar-refractivity contribution is 9.10. The van der Waals surface area contributed by atoms with Gasteiger partial charge in [-0.3, -0.25) is 0 Å². The Balaban J connectivity index is 2.15. The summed E-state index contributed by atoms with van der Waals surface area (Å²) in [5.41, 5.74) is 1.11. The van der Waals surface area contributed by atoms with Crippen molar-refractivity contribution in [1.82, 2.24) is 4.98 Å². The molecule has 4 nitrogen and oxygen atoms in total. The number of nitrogens with one attached hydrogen (secondary N) is 1. The van der Waals surface area contributed by atoms with E-state index in [1.165, 1.54) is 0 Å². The van der Waals surface area contributed by atoms with Gasteiger partial charge < -0.3 is 14.8 Å². The van der Waals surface area contributed by atoms with Gasteiger partial charge in [0.1, 0.15) is 5.82 Å². The number of hydrogen-bond acceptors (Lipinski definition) is 4. The highest BCUT2D eigenvalue weighted by Crippen LogP contribution is 2.31. The molecular weight excluding hydrogens is 344 g/mol. The zero-order valence-corrected chi connectivity index (χ0v) is 14.8. The molecule has 1 atom stereocenters. The van der Waals surface area contributed by atoms with Gasteiger partial charge in [-0.05, 0) is 66.5 Å². The lowest BCUT2D eigenvalue weighted by atomic mass is 10.1. The highest BCUT2D eigenvalue weighted by atomic mass is 79.9. The molecule has 0 saturated carbocycles. The maximum Gasteiger partial charge on any atom is 0.161 e. The molecule has 118 valence electrons. The number of benzene rings is 1. The van der Waals surface area contributed by atoms with E-state index in [2.05, 4.69) is 33.2 Å². The fourth-order valence-electron chi connectivity index (χ4n) is 2.07. The Morgan fingerprint density at radius 1 is 1.09 bits per heavy atom. The summed E-state index contributed by atoms with van der Waals surface area (Å²) in [6.07, 6.45) is 1.89. The third kappa shape index (κ3) is 4.37. The monoisotopic (exact) mass is 364 g/mol. The van der Waals surface area contributed by atoms with Crippen molar-refractivity contribution in [1.29, 1.82) is 0 Å². The van der Waals surface area contributed by atoms with Gasteiger partial charge in [-0.1, -0.05) is 6.07 Å². The molecule has 0 aliphatic carbocycles. The predicted octanol–water partition coefficient (Wildman–Crippen LogP) is 4.81. The molecule has 2 rings (SSSR count). The zero-order chi connectivity index (χ0) is 16.1. The van der Waals surface area contributed by atoms with Crippen LogP contribution in [0.2, 0.25) is 0 Å². The molecule has 0 radical (unpaired) electrons. The van der Waals surface area contributed by atoms with Gasteiger partial charge in [0.05, 0.1) is 19.3 Å². The van der Waals surface area contributed by atoms with Crippen LogP contribution in [0.4, 0.5) is 5.82 Å². The van der Waals surface area contributed by atoms with E-state index in [9.17, 15) is 0 Å². The molecular formula is C17H21BrN2O2. The average molecular weight is 365 g/mol. The largest absolute Gasteiger partial charge is 0.493 e. The first-order valence-corrected chi connectivity index (χ1v) is 8.01. The van der Waals surface area contributed by atoms with Crippen molar-refractivity contribution in [2.45, 2.75) is 32.9 Å². The second kappa shape index (κ2) is 7.49. The topological polar surface area (TPSA) is 43.4 Å². The van der Waals surface area contributed by atoms with Crippen LogP contribution in [0, 0.1) is 0 Å². The van der Waals surface area contributed by atoms with Gasteiger partial charge >= 0.3 is 0 Å². The Hall–Kier alpha value is -1.75. The second-order valence-corrected chi connectivity index (χ2v) is 6.22. The van der Waals surface area contributed by atoms with E-state index in [1.54, 1.807) is 13.3 Å². The van der Waals surface area contributed by atoms with Crippen LogP contribution in [0.5, 0.6) is 11.5 Å². The van der Waals surface area contributed by atoms with E-state index in [-0.39, 0.29) is 12.1 Å². The lowest BCUT2D eigenvalue weighted by molar-refractivity contribution is 0.230. The van der Waals surface area contributed by atoms with Gasteiger partial charge in [-0.15, -0.1) is 0 Å². The van der Waals surface area contributed by atoms with Crippen molar-refractivity contribution in [2.75, 3.05) is 12.4 Å². The third-order valence-corrected chi connectivity index (χ3v) is 3.61. The van der Waals surface area contributed by atoms with Crippen LogP contribution in [0.3, 0.4) is 0 Å². The summed E-state index contributed by atoms with van der Waals surface area (Å²) in [4.78, 5) is 4.33. The molecule has 0 bridgehead atoms. The van der Waals surface area contributed by atoms with Crippen LogP contribution in [0.1, 0.15) is 32.4 Å². The lowest BCUT2D eigenvalue weighted by Gasteiger charge is -2.18. The van der Waals surface area contributed by atoms with Gasteiger partial charge in [0, 0.05) is 10.7 Å². The standard InChI is InChI=1S/C17H21BrN2O2/c1-11(2)22-15-7-5-13(9-16(15)21-4)12(3)20-17-8-6-14(18)10-19-17/h5-12H,1-4H3,(H,19,20). The Labute approximate surface area is 140 Å². The van der Waals surface area contributed by atoms with Gasteiger partial charge in [0.15, 0.2) is 11.5 Å². The van der Waals surface area contributed by atoms with E-state index in [0.717, 1.165) is 27.4 Å². The van der Waals surface area contributed by atoms with E-state index in [0.29, 0.717) is 0 Å². The van der Waals surface area contributed by atoms with E-state index in [4.69, 9.17) is 9.47 Å². The van der Waals surface area contributed by atoms with Gasteiger partial charge in [0.25, 0.3) is 0 Å². The van der Waals surface area contributed by atoms with Crippen molar-refractivity contribution in [3.05, 3.63) is 46.6 Å². The second-order valence-electron chi connectivity index (χ2n) is 5.30. The Kier molecular flexibility index (Phi) is 5.66. The van der Waals surface area contributed by atoms with Crippen LogP contribution in [-0.4, -0.2) is 18.2 Å². The van der Waals surface area contributed by atoms with Crippen LogP contribution in [-0.2, 0) is 0 Å². The van der Waals surface area contributed by atoms with Crippen LogP contribution >= 0.6 is 15.9 Å². The van der Waals surface area contributed by atoms with E-state index in [1.807, 2.05) is 44.2 Å². The SMILES string of the molecule is COc1cc(C(C)Nc2ccc(Br)cn2)ccc1OC(C)C. The molecule has 0 aliphatic rings. The molecule has 1 N–H and O–H groups in total. The average Bonchev–Trinajstić information content (AvgIpc) is 2.49. The third-order valence-electron chi connectivity index (χ3n) is 3.14. The number of ether oxygens (including phenoxy) is 2. The minimum absolute atomic E-state index is 0.107. The van der Waals surface area contributed by atoms with E-state index >= 15 is 0 Å². The van der Waals surface area contributed by atoms with Crippen molar-refractivity contribution >= 4 is 21.7 Å². The Morgan fingerprint density at radius 2 is 1.86 bits per heavy atom. The molecule has 22 heavy (non-hydrogen) atoms. The summed E-state index contributed by atoms with van der Waals surface area (Å²) in [5, 5.41) is 3.37. The number of rotatable bonds is 6. The first-order valence-electron chi connectivity index (χ1n) is 7.22. The molecule has 0 spiro atoms. The molecule has 1 aromatic carbocycles. The maximum absolute atomic E-state index is 5.74. The van der Waals surface area contributed by atoms with Crippen LogP contribution in [0.25, 0.3) is 0 Å². The number of nitrogens with zero attached hydrogens (tertiary/aromatic N) is 1. The first-order chi connectivity index (χ1) is 10.5. The van der Waals surface area contributed by atoms with Crippen LogP contribution in [0.15, 0.2) is 41.0 Å². The first kappa shape index (κ1) is 16.6. The van der Waals surface area contributed by atoms with Gasteiger partial charge in [-0.25, -0.2) is 4.98 Å². The minimum Gasteiger partial charge on any atom is -0.493 e. The predicted molar refractivity (Wildman–Crippen MR) is 92.7 cm³/mol. The van der Waals surface area contributed by atoms with E-state index < -0.39 is 0 Å². The maximum atomic E-state index is 5.74. The lowest BCUT2D eigenvalue weighted by Crippen LogP contribution is -2.10. The molecule has 5 heteroatoms. The number of hydrogen-bond donors (Lipinski definition) is 1. The van der Waals surface area contributed by atoms with Crippen molar-refractivity contribution in [3.63, 3.8) is 0 Å². The normalized spacial score (nSPS) is 12.1. The number of halogens is 1. The summed E-state index contributed by atoms with van der Waals surface area (Å²) >= 11 is 3.38. The molecule has 0 amide bonds. The zero-order valence-electron chi connectivity index (χ0n) is 13.3. The number of pyridine rings is 1. The van der Waals surface area contributed by atoms with Crippen LogP contribution < -0.4 is 14.8 Å². The molecule has 0 saturated heterocycles. The quantitative estimate of drug-likeness (QED) is 0.798. The summed E-state index contributed by atoms with van der Waals surface area (Å²) in [6.45, 7) is 6.08. The molecule has 1 heterocycles. The van der Waals surface area contributed by atoms with Crippen molar-refractivity contribution in [2.24, 2.45) is 0 Å². The highest BCUT2D eigenvalue weighted by Gasteiger charge is 2.12. The number of anilines is 1. The summed E-state index contributed by atoms with van der Waals surface area (Å²) in [5.74, 6) is 2.33. The molecule has 0 aliphatic heterocycles.